The first-order valence-electron chi connectivity index (χ1n) is 2.00. The molecular weight excluding hydrogens is 186 g/mol. The molecule has 0 amide bonds. The van der Waals surface area contributed by atoms with Gasteiger partial charge in [0.05, 0.1) is 0 Å². The second kappa shape index (κ2) is 4.10. The van der Waals surface area contributed by atoms with Gasteiger partial charge in [-0.25, -0.2) is 0 Å². The van der Waals surface area contributed by atoms with Gasteiger partial charge in [-0.05, 0) is 12.7 Å². The number of hydrogen-bond acceptors (Lipinski definition) is 1. The molecule has 0 saturated carbocycles. The highest BCUT2D eigenvalue weighted by atomic mass is 35.6. The van der Waals surface area contributed by atoms with Gasteiger partial charge in [0.1, 0.15) is 0 Å². The molecule has 0 saturated heterocycles. The zero-order valence-corrected chi connectivity index (χ0v) is 7.25. The fourth-order valence-electron chi connectivity index (χ4n) is 0.188. The summed E-state index contributed by atoms with van der Waals surface area (Å²) in [7, 11) is 0. The van der Waals surface area contributed by atoms with Crippen LogP contribution in [0, 0.1) is 6.92 Å². The van der Waals surface area contributed by atoms with Crippen LogP contribution >= 0.6 is 46.6 Å². The zero-order valence-electron chi connectivity index (χ0n) is 4.16. The van der Waals surface area contributed by atoms with Crippen molar-refractivity contribution in [1.29, 1.82) is 0 Å². The lowest BCUT2D eigenvalue weighted by atomic mass is 10.9. The van der Waals surface area contributed by atoms with E-state index in [2.05, 4.69) is 6.92 Å². The molecule has 0 aliphatic heterocycles. The maximum absolute atomic E-state index is 5.39. The van der Waals surface area contributed by atoms with Gasteiger partial charge in [0, 0.05) is 5.75 Å². The molecule has 8 heavy (non-hydrogen) atoms. The molecule has 0 heterocycles. The normalized spacial score (nSPS) is 12.0. The Morgan fingerprint density at radius 2 is 1.88 bits per heavy atom. The van der Waals surface area contributed by atoms with Gasteiger partial charge in [-0.1, -0.05) is 34.8 Å². The standard InChI is InChI=1S/C4H6Cl3S/c1-2-8-3-4(5,6)7/h1-3H2. The molecule has 0 aliphatic carbocycles. The summed E-state index contributed by atoms with van der Waals surface area (Å²) >= 11 is 17.7. The Morgan fingerprint density at radius 3 is 2.00 bits per heavy atom. The lowest BCUT2D eigenvalue weighted by Crippen LogP contribution is -2.05. The molecule has 0 spiro atoms. The molecule has 0 N–H and O–H groups in total. The molecule has 0 aromatic carbocycles. The molecule has 0 bridgehead atoms. The first kappa shape index (κ1) is 9.22. The van der Waals surface area contributed by atoms with Gasteiger partial charge < -0.3 is 0 Å². The molecule has 0 fully saturated rings. The SMILES string of the molecule is [CH2]CSCC(Cl)(Cl)Cl. The summed E-state index contributed by atoms with van der Waals surface area (Å²) in [6, 6.07) is 0. The highest BCUT2D eigenvalue weighted by Gasteiger charge is 2.17. The predicted octanol–water partition coefficient (Wildman–Crippen LogP) is 2.92. The maximum Gasteiger partial charge on any atom is 0.199 e. The van der Waals surface area contributed by atoms with Crippen LogP contribution in [-0.2, 0) is 0 Å². The molecule has 0 aliphatic rings. The third-order valence-electron chi connectivity index (χ3n) is 0.410. The molecular formula is C4H6Cl3S. The lowest BCUT2D eigenvalue weighted by Gasteiger charge is -2.07. The Hall–Kier alpha value is 1.22. The van der Waals surface area contributed by atoms with Crippen molar-refractivity contribution in [2.45, 2.75) is 3.79 Å². The van der Waals surface area contributed by atoms with Crippen LogP contribution < -0.4 is 0 Å². The fraction of sp³-hybridized carbons (Fsp3) is 0.750. The maximum atomic E-state index is 5.39. The van der Waals surface area contributed by atoms with E-state index in [1.165, 1.54) is 11.8 Å². The van der Waals surface area contributed by atoms with Gasteiger partial charge in [-0.2, -0.15) is 11.8 Å². The number of halogens is 3. The number of rotatable bonds is 2. The van der Waals surface area contributed by atoms with Crippen LogP contribution in [-0.4, -0.2) is 15.3 Å². The van der Waals surface area contributed by atoms with Gasteiger partial charge >= 0.3 is 0 Å². The lowest BCUT2D eigenvalue weighted by molar-refractivity contribution is 1.29. The molecule has 0 rings (SSSR count). The summed E-state index contributed by atoms with van der Waals surface area (Å²) in [6.07, 6.45) is 0. The Kier molecular flexibility index (Phi) is 4.73. The summed E-state index contributed by atoms with van der Waals surface area (Å²) in [5.74, 6) is 1.26. The largest absolute Gasteiger partial charge is 0.199 e. The minimum Gasteiger partial charge on any atom is -0.158 e. The van der Waals surface area contributed by atoms with Crippen molar-refractivity contribution in [2.75, 3.05) is 11.5 Å². The van der Waals surface area contributed by atoms with E-state index >= 15 is 0 Å². The Morgan fingerprint density at radius 1 is 1.38 bits per heavy atom. The predicted molar refractivity (Wildman–Crippen MR) is 43.0 cm³/mol. The summed E-state index contributed by atoms with van der Waals surface area (Å²) < 4.78 is -1.11. The second-order valence-corrected chi connectivity index (χ2v) is 4.79. The Bertz CT molecular complexity index is 58.8. The van der Waals surface area contributed by atoms with Crippen LogP contribution in [0.2, 0.25) is 0 Å². The Labute approximate surface area is 68.9 Å². The molecule has 0 unspecified atom stereocenters. The van der Waals surface area contributed by atoms with Gasteiger partial charge in [-0.15, -0.1) is 0 Å². The second-order valence-electron chi connectivity index (χ2n) is 1.17. The van der Waals surface area contributed by atoms with Crippen LogP contribution in [0.3, 0.4) is 0 Å². The van der Waals surface area contributed by atoms with Crippen molar-refractivity contribution in [3.8, 4) is 0 Å². The smallest absolute Gasteiger partial charge is 0.158 e. The van der Waals surface area contributed by atoms with E-state index in [0.717, 1.165) is 5.75 Å². The van der Waals surface area contributed by atoms with Crippen molar-refractivity contribution >= 4 is 46.6 Å². The average molecular weight is 193 g/mol. The highest BCUT2D eigenvalue weighted by Crippen LogP contribution is 2.29. The summed E-state index contributed by atoms with van der Waals surface area (Å²) in [5, 5.41) is 0. The van der Waals surface area contributed by atoms with E-state index in [9.17, 15) is 0 Å². The first-order chi connectivity index (χ1) is 3.56. The molecule has 0 atom stereocenters. The third-order valence-corrected chi connectivity index (χ3v) is 2.21. The minimum absolute atomic E-state index is 0.515. The summed E-state index contributed by atoms with van der Waals surface area (Å²) in [6.45, 7) is 3.58. The molecule has 0 nitrogen and oxygen atoms in total. The third kappa shape index (κ3) is 7.22. The van der Waals surface area contributed by atoms with Gasteiger partial charge in [-0.3, -0.25) is 0 Å². The number of alkyl halides is 3. The minimum atomic E-state index is -1.11. The van der Waals surface area contributed by atoms with Crippen LogP contribution in [0.25, 0.3) is 0 Å². The summed E-state index contributed by atoms with van der Waals surface area (Å²) in [4.78, 5) is 0. The zero-order chi connectivity index (χ0) is 6.62. The topological polar surface area (TPSA) is 0 Å². The molecule has 0 aromatic heterocycles. The number of hydrogen-bond donors (Lipinski definition) is 0. The van der Waals surface area contributed by atoms with Gasteiger partial charge in [0.15, 0.2) is 3.79 Å². The molecule has 1 radical (unpaired) electrons. The molecule has 49 valence electrons. The summed E-state index contributed by atoms with van der Waals surface area (Å²) in [5.41, 5.74) is 0. The van der Waals surface area contributed by atoms with Crippen molar-refractivity contribution in [3.05, 3.63) is 6.92 Å². The van der Waals surface area contributed by atoms with E-state index in [1.54, 1.807) is 0 Å². The Balaban J connectivity index is 3.11. The van der Waals surface area contributed by atoms with Crippen LogP contribution in [0.4, 0.5) is 0 Å². The van der Waals surface area contributed by atoms with E-state index in [1.807, 2.05) is 0 Å². The van der Waals surface area contributed by atoms with Crippen LogP contribution in [0.15, 0.2) is 0 Å². The number of thioether (sulfide) groups is 1. The average Bonchev–Trinajstić information content (AvgIpc) is 1.59. The van der Waals surface area contributed by atoms with Gasteiger partial charge in [0.2, 0.25) is 0 Å². The highest BCUT2D eigenvalue weighted by molar-refractivity contribution is 7.99. The molecule has 4 heteroatoms. The van der Waals surface area contributed by atoms with E-state index in [0.29, 0.717) is 5.75 Å². The monoisotopic (exact) mass is 191 g/mol. The van der Waals surface area contributed by atoms with Crippen molar-refractivity contribution in [2.24, 2.45) is 0 Å². The van der Waals surface area contributed by atoms with Gasteiger partial charge in [0.25, 0.3) is 0 Å². The van der Waals surface area contributed by atoms with Crippen molar-refractivity contribution in [3.63, 3.8) is 0 Å². The first-order valence-corrected chi connectivity index (χ1v) is 4.29. The van der Waals surface area contributed by atoms with Crippen molar-refractivity contribution < 1.29 is 0 Å². The van der Waals surface area contributed by atoms with Crippen LogP contribution in [0.5, 0.6) is 0 Å². The fourth-order valence-corrected chi connectivity index (χ4v) is 1.26. The van der Waals surface area contributed by atoms with E-state index < -0.39 is 3.79 Å². The van der Waals surface area contributed by atoms with E-state index in [-0.39, 0.29) is 0 Å². The van der Waals surface area contributed by atoms with Crippen LogP contribution in [0.1, 0.15) is 0 Å². The quantitative estimate of drug-likeness (QED) is 0.606. The van der Waals surface area contributed by atoms with E-state index in [4.69, 9.17) is 34.8 Å². The van der Waals surface area contributed by atoms with Crippen molar-refractivity contribution in [1.82, 2.24) is 0 Å². The molecule has 0 aromatic rings.